The molecule has 0 aliphatic carbocycles. The molecule has 13 heteroatoms. The minimum atomic E-state index is -5.08. The van der Waals surface area contributed by atoms with E-state index in [2.05, 4.69) is 15.3 Å². The van der Waals surface area contributed by atoms with Crippen LogP contribution in [0.25, 0.3) is 16.7 Å². The minimum absolute atomic E-state index is 0.0110. The Hall–Kier alpha value is -4.68. The fraction of sp³-hybridized carbons (Fsp3) is 0.125. The van der Waals surface area contributed by atoms with Crippen LogP contribution in [0.4, 0.5) is 22.0 Å². The summed E-state index contributed by atoms with van der Waals surface area (Å²) in [5.41, 5.74) is 0.494. The highest BCUT2D eigenvalue weighted by Crippen LogP contribution is 2.26. The van der Waals surface area contributed by atoms with Crippen LogP contribution in [-0.2, 0) is 11.2 Å². The molecule has 1 atom stereocenters. The highest BCUT2D eigenvalue weighted by molar-refractivity contribution is 5.98. The van der Waals surface area contributed by atoms with Crippen LogP contribution in [0.5, 0.6) is 0 Å². The molecule has 5 rings (SSSR count). The van der Waals surface area contributed by atoms with Crippen molar-refractivity contribution < 1.29 is 36.6 Å². The monoisotopic (exact) mass is 518 g/mol. The van der Waals surface area contributed by atoms with Crippen molar-refractivity contribution in [2.24, 2.45) is 0 Å². The Morgan fingerprint density at radius 3 is 2.32 bits per heavy atom. The molecule has 1 unspecified atom stereocenters. The molecule has 0 saturated heterocycles. The van der Waals surface area contributed by atoms with Crippen LogP contribution >= 0.6 is 0 Å². The zero-order valence-electron chi connectivity index (χ0n) is 18.5. The van der Waals surface area contributed by atoms with Gasteiger partial charge in [0.15, 0.2) is 17.5 Å². The second kappa shape index (κ2) is 9.76. The Bertz CT molecular complexity index is 1570. The summed E-state index contributed by atoms with van der Waals surface area (Å²) >= 11 is 0. The molecule has 0 bridgehead atoms. The number of pyridine rings is 1. The number of carbonyl (C=O) groups is 2. The zero-order valence-corrected chi connectivity index (χ0v) is 18.5. The van der Waals surface area contributed by atoms with Gasteiger partial charge in [-0.05, 0) is 30.2 Å². The largest absolute Gasteiger partial charge is 0.490 e. The first-order chi connectivity index (χ1) is 17.5. The lowest BCUT2D eigenvalue weighted by molar-refractivity contribution is -0.192. The molecule has 0 saturated carbocycles. The number of fused-ring (bicyclic) bond motifs is 4. The number of halogens is 5. The molecule has 0 spiro atoms. The number of carbonyl (C=O) groups excluding carboxylic acids is 1. The third kappa shape index (κ3) is 5.15. The number of alkyl halides is 3. The van der Waals surface area contributed by atoms with E-state index in [4.69, 9.17) is 9.90 Å². The number of carboxylic acid groups (broad SMARTS) is 1. The molecule has 4 aromatic rings. The van der Waals surface area contributed by atoms with Crippen molar-refractivity contribution in [1.29, 1.82) is 0 Å². The molecular weight excluding hydrogens is 503 g/mol. The van der Waals surface area contributed by atoms with Crippen LogP contribution in [0, 0.1) is 11.6 Å². The van der Waals surface area contributed by atoms with Gasteiger partial charge in [0.1, 0.15) is 5.82 Å². The van der Waals surface area contributed by atoms with Crippen molar-refractivity contribution in [3.8, 4) is 5.82 Å². The van der Waals surface area contributed by atoms with Crippen LogP contribution in [-0.4, -0.2) is 37.7 Å². The molecule has 8 nitrogen and oxygen atoms in total. The molecule has 190 valence electrons. The summed E-state index contributed by atoms with van der Waals surface area (Å²) in [6.45, 7) is 0. The fourth-order valence-corrected chi connectivity index (χ4v) is 3.68. The van der Waals surface area contributed by atoms with Crippen molar-refractivity contribution >= 4 is 22.8 Å². The predicted molar refractivity (Wildman–Crippen MR) is 119 cm³/mol. The summed E-state index contributed by atoms with van der Waals surface area (Å²) < 4.78 is 60.6. The summed E-state index contributed by atoms with van der Waals surface area (Å²) in [5.74, 6) is -5.11. The van der Waals surface area contributed by atoms with E-state index >= 15 is 0 Å². The van der Waals surface area contributed by atoms with Gasteiger partial charge in [-0.1, -0.05) is 30.3 Å². The zero-order chi connectivity index (χ0) is 26.9. The molecule has 37 heavy (non-hydrogen) atoms. The number of rotatable bonds is 2. The number of amides is 1. The number of hydrogen-bond acceptors (Lipinski definition) is 5. The van der Waals surface area contributed by atoms with Gasteiger partial charge in [0.2, 0.25) is 0 Å². The number of nitrogens with zero attached hydrogens (tertiary/aromatic N) is 3. The van der Waals surface area contributed by atoms with Crippen molar-refractivity contribution in [3.05, 3.63) is 99.7 Å². The second-order valence-electron chi connectivity index (χ2n) is 7.79. The Morgan fingerprint density at radius 1 is 1.03 bits per heavy atom. The lowest BCUT2D eigenvalue weighted by Crippen LogP contribution is -2.32. The van der Waals surface area contributed by atoms with E-state index in [9.17, 15) is 31.5 Å². The quantitative estimate of drug-likeness (QED) is 0.391. The number of benzene rings is 2. The standard InChI is InChI=1S/C22H14F2N4O2.C2HF3O2/c23-15-10-14-17(11-16(15)24)26-20-18(9-12-5-2-1-3-6-12)27-21(29)13-7-4-8-25-19(13)28(20)22(14)30;3-2(4,5)1(6)7/h1-8,10-11,18H,9H2,(H,27,29);(H,6,7). The van der Waals surface area contributed by atoms with E-state index in [0.717, 1.165) is 17.7 Å². The summed E-state index contributed by atoms with van der Waals surface area (Å²) in [6, 6.07) is 13.5. The van der Waals surface area contributed by atoms with Gasteiger partial charge in [-0.2, -0.15) is 13.2 Å². The molecule has 2 aromatic heterocycles. The number of aliphatic carboxylic acids is 1. The first kappa shape index (κ1) is 25.4. The van der Waals surface area contributed by atoms with E-state index < -0.39 is 41.3 Å². The molecule has 0 radical (unpaired) electrons. The van der Waals surface area contributed by atoms with Gasteiger partial charge in [0.25, 0.3) is 11.5 Å². The van der Waals surface area contributed by atoms with Crippen LogP contribution < -0.4 is 10.9 Å². The Labute approximate surface area is 204 Å². The van der Waals surface area contributed by atoms with Gasteiger partial charge in [0, 0.05) is 12.3 Å². The fourth-order valence-electron chi connectivity index (χ4n) is 3.68. The first-order valence-corrected chi connectivity index (χ1v) is 10.5. The topological polar surface area (TPSA) is 114 Å². The maximum absolute atomic E-state index is 13.8. The van der Waals surface area contributed by atoms with Crippen molar-refractivity contribution in [1.82, 2.24) is 19.9 Å². The van der Waals surface area contributed by atoms with Crippen molar-refractivity contribution in [3.63, 3.8) is 0 Å². The number of nitrogens with one attached hydrogen (secondary N) is 1. The third-order valence-electron chi connectivity index (χ3n) is 5.32. The lowest BCUT2D eigenvalue weighted by atomic mass is 10.0. The van der Waals surface area contributed by atoms with Crippen LogP contribution in [0.1, 0.15) is 27.8 Å². The molecular formula is C24H15F5N4O4. The van der Waals surface area contributed by atoms with Gasteiger partial charge >= 0.3 is 12.1 Å². The van der Waals surface area contributed by atoms with E-state index in [0.29, 0.717) is 6.42 Å². The van der Waals surface area contributed by atoms with Crippen LogP contribution in [0.3, 0.4) is 0 Å². The molecule has 1 amide bonds. The predicted octanol–water partition coefficient (Wildman–Crippen LogP) is 3.72. The van der Waals surface area contributed by atoms with E-state index in [1.807, 2.05) is 30.3 Å². The molecule has 3 heterocycles. The molecule has 0 fully saturated rings. The second-order valence-corrected chi connectivity index (χ2v) is 7.79. The Morgan fingerprint density at radius 2 is 1.68 bits per heavy atom. The highest BCUT2D eigenvalue weighted by Gasteiger charge is 2.38. The third-order valence-corrected chi connectivity index (χ3v) is 5.32. The SMILES string of the molecule is O=C(O)C(F)(F)F.O=C1NC(Cc2ccccc2)c2nc3cc(F)c(F)cc3c(=O)n2-c2ncccc21. The van der Waals surface area contributed by atoms with Crippen molar-refractivity contribution in [2.45, 2.75) is 18.6 Å². The highest BCUT2D eigenvalue weighted by atomic mass is 19.4. The molecule has 2 N–H and O–H groups in total. The van der Waals surface area contributed by atoms with Crippen LogP contribution in [0.2, 0.25) is 0 Å². The molecule has 1 aliphatic rings. The summed E-state index contributed by atoms with van der Waals surface area (Å²) in [6.07, 6.45) is -3.28. The number of carboxylic acids is 1. The summed E-state index contributed by atoms with van der Waals surface area (Å²) in [7, 11) is 0. The lowest BCUT2D eigenvalue weighted by Gasteiger charge is -2.19. The minimum Gasteiger partial charge on any atom is -0.475 e. The van der Waals surface area contributed by atoms with Gasteiger partial charge in [-0.3, -0.25) is 9.59 Å². The molecule has 1 aliphatic heterocycles. The van der Waals surface area contributed by atoms with Crippen molar-refractivity contribution in [2.75, 3.05) is 0 Å². The molecule has 2 aromatic carbocycles. The maximum Gasteiger partial charge on any atom is 0.490 e. The number of aromatic nitrogens is 3. The average molecular weight is 518 g/mol. The van der Waals surface area contributed by atoms with Gasteiger partial charge in [-0.25, -0.2) is 28.1 Å². The smallest absolute Gasteiger partial charge is 0.475 e. The number of hydrogen-bond donors (Lipinski definition) is 2. The van der Waals surface area contributed by atoms with E-state index in [1.165, 1.54) is 10.8 Å². The van der Waals surface area contributed by atoms with E-state index in [1.54, 1.807) is 12.1 Å². The Kier molecular flexibility index (Phi) is 6.70. The normalized spacial score (nSPS) is 14.5. The van der Waals surface area contributed by atoms with Gasteiger partial charge < -0.3 is 10.4 Å². The Balaban J connectivity index is 0.000000405. The summed E-state index contributed by atoms with van der Waals surface area (Å²) in [4.78, 5) is 43.7. The summed E-state index contributed by atoms with van der Waals surface area (Å²) in [5, 5.41) is 9.92. The van der Waals surface area contributed by atoms with Crippen LogP contribution in [0.15, 0.2) is 65.6 Å². The maximum atomic E-state index is 13.8. The van der Waals surface area contributed by atoms with Gasteiger partial charge in [-0.15, -0.1) is 0 Å². The first-order valence-electron chi connectivity index (χ1n) is 10.5. The van der Waals surface area contributed by atoms with E-state index in [-0.39, 0.29) is 28.1 Å². The average Bonchev–Trinajstić information content (AvgIpc) is 2.96. The van der Waals surface area contributed by atoms with Gasteiger partial charge in [0.05, 0.1) is 22.5 Å².